The molecule has 0 spiro atoms. The molecule has 4 nitrogen and oxygen atoms in total. The number of amides is 1. The van der Waals surface area contributed by atoms with Gasteiger partial charge in [-0.1, -0.05) is 0 Å². The summed E-state index contributed by atoms with van der Waals surface area (Å²) in [5, 5.41) is 3.07. The molecule has 22 heavy (non-hydrogen) atoms. The van der Waals surface area contributed by atoms with Crippen molar-refractivity contribution >= 4 is 5.91 Å². The number of likely N-dealkylation sites (tertiary alicyclic amines) is 1. The van der Waals surface area contributed by atoms with Crippen molar-refractivity contribution < 1.29 is 22.7 Å². The Morgan fingerprint density at radius 1 is 1.50 bits per heavy atom. The summed E-state index contributed by atoms with van der Waals surface area (Å²) in [6, 6.07) is 3.08. The van der Waals surface area contributed by atoms with Gasteiger partial charge in [0.25, 0.3) is 5.91 Å². The zero-order chi connectivity index (χ0) is 16.1. The first kappa shape index (κ1) is 16.6. The lowest BCUT2D eigenvalue weighted by molar-refractivity contribution is -0.0504. The van der Waals surface area contributed by atoms with Gasteiger partial charge in [0.2, 0.25) is 0 Å². The van der Waals surface area contributed by atoms with Gasteiger partial charge in [0, 0.05) is 19.2 Å². The molecule has 7 heteroatoms. The number of hydrogen-bond acceptors (Lipinski definition) is 3. The van der Waals surface area contributed by atoms with Crippen LogP contribution in [0, 0.1) is 11.7 Å². The van der Waals surface area contributed by atoms with Crippen LogP contribution in [0.5, 0.6) is 5.75 Å². The highest BCUT2D eigenvalue weighted by molar-refractivity contribution is 5.97. The van der Waals surface area contributed by atoms with Crippen molar-refractivity contribution in [3.63, 3.8) is 0 Å². The second-order valence-corrected chi connectivity index (χ2v) is 5.34. The Balaban J connectivity index is 2.17. The number of halogens is 3. The normalized spacial score (nSPS) is 18.6. The minimum Gasteiger partial charge on any atom is -0.434 e. The average Bonchev–Trinajstić information content (AvgIpc) is 2.47. The number of alkyl halides is 2. The molecule has 1 saturated heterocycles. The van der Waals surface area contributed by atoms with Crippen molar-refractivity contribution in [3.05, 3.63) is 29.6 Å². The monoisotopic (exact) mass is 316 g/mol. The molecular formula is C15H19F3N2O2. The zero-order valence-electron chi connectivity index (χ0n) is 12.3. The van der Waals surface area contributed by atoms with E-state index in [1.807, 2.05) is 7.05 Å². The number of nitrogens with one attached hydrogen (secondary N) is 1. The number of ether oxygens (including phenoxy) is 1. The van der Waals surface area contributed by atoms with Gasteiger partial charge in [-0.25, -0.2) is 4.39 Å². The number of hydrogen-bond donors (Lipinski definition) is 1. The van der Waals surface area contributed by atoms with Gasteiger partial charge in [0.15, 0.2) is 0 Å². The van der Waals surface area contributed by atoms with E-state index in [1.165, 1.54) is 6.07 Å². The van der Waals surface area contributed by atoms with Crippen molar-refractivity contribution in [3.8, 4) is 5.75 Å². The van der Waals surface area contributed by atoms with E-state index in [0.29, 0.717) is 19.0 Å². The second-order valence-electron chi connectivity index (χ2n) is 5.34. The third-order valence-electron chi connectivity index (χ3n) is 3.69. The molecule has 0 saturated carbocycles. The lowest BCUT2D eigenvalue weighted by Crippen LogP contribution is -2.42. The Morgan fingerprint density at radius 2 is 2.27 bits per heavy atom. The van der Waals surface area contributed by atoms with Crippen LogP contribution >= 0.6 is 0 Å². The molecular weight excluding hydrogens is 297 g/mol. The van der Waals surface area contributed by atoms with Crippen LogP contribution in [0.15, 0.2) is 18.2 Å². The Bertz CT molecular complexity index is 524. The smallest absolute Gasteiger partial charge is 0.387 e. The lowest BCUT2D eigenvalue weighted by atomic mass is 9.97. The molecule has 2 rings (SSSR count). The van der Waals surface area contributed by atoms with E-state index in [0.717, 1.165) is 31.5 Å². The van der Waals surface area contributed by atoms with E-state index in [1.54, 1.807) is 4.90 Å². The van der Waals surface area contributed by atoms with Crippen molar-refractivity contribution in [2.45, 2.75) is 19.5 Å². The van der Waals surface area contributed by atoms with Crippen LogP contribution in [-0.4, -0.2) is 44.1 Å². The Hall–Kier alpha value is -1.76. The highest BCUT2D eigenvalue weighted by Crippen LogP contribution is 2.26. The number of benzene rings is 1. The Kier molecular flexibility index (Phi) is 5.65. The maximum absolute atomic E-state index is 13.2. The largest absolute Gasteiger partial charge is 0.434 e. The summed E-state index contributed by atoms with van der Waals surface area (Å²) in [4.78, 5) is 14.1. The minimum atomic E-state index is -3.10. The van der Waals surface area contributed by atoms with Gasteiger partial charge in [-0.15, -0.1) is 0 Å². The number of carbonyl (C=O) groups excluding carboxylic acids is 1. The van der Waals surface area contributed by atoms with Crippen molar-refractivity contribution in [2.24, 2.45) is 5.92 Å². The number of piperidine rings is 1. The van der Waals surface area contributed by atoms with Gasteiger partial charge in [0.1, 0.15) is 11.6 Å². The number of rotatable bonds is 5. The molecule has 1 fully saturated rings. The minimum absolute atomic E-state index is 0.0354. The first-order chi connectivity index (χ1) is 10.5. The van der Waals surface area contributed by atoms with Crippen molar-refractivity contribution in [1.29, 1.82) is 0 Å². The van der Waals surface area contributed by atoms with Gasteiger partial charge in [-0.05, 0) is 44.5 Å². The molecule has 1 amide bonds. The van der Waals surface area contributed by atoms with Crippen molar-refractivity contribution in [2.75, 3.05) is 26.7 Å². The molecule has 0 bridgehead atoms. The molecule has 1 aromatic rings. The maximum atomic E-state index is 13.2. The Morgan fingerprint density at radius 3 is 2.95 bits per heavy atom. The highest BCUT2D eigenvalue weighted by atomic mass is 19.3. The maximum Gasteiger partial charge on any atom is 0.387 e. The fraction of sp³-hybridized carbons (Fsp3) is 0.533. The van der Waals surface area contributed by atoms with Crippen LogP contribution in [-0.2, 0) is 0 Å². The lowest BCUT2D eigenvalue weighted by Gasteiger charge is -2.33. The molecule has 1 aliphatic rings. The Labute approximate surface area is 127 Å². The predicted octanol–water partition coefficient (Wildman–Crippen LogP) is 2.50. The van der Waals surface area contributed by atoms with E-state index in [4.69, 9.17) is 0 Å². The first-order valence-electron chi connectivity index (χ1n) is 7.19. The van der Waals surface area contributed by atoms with Crippen LogP contribution in [0.25, 0.3) is 0 Å². The summed E-state index contributed by atoms with van der Waals surface area (Å²) in [6.45, 7) is -1.21. The van der Waals surface area contributed by atoms with Gasteiger partial charge >= 0.3 is 6.61 Å². The zero-order valence-corrected chi connectivity index (χ0v) is 12.3. The summed E-state index contributed by atoms with van der Waals surface area (Å²) >= 11 is 0. The molecule has 1 atom stereocenters. The molecule has 0 radical (unpaired) electrons. The summed E-state index contributed by atoms with van der Waals surface area (Å²) in [5.74, 6) is -1.23. The molecule has 1 N–H and O–H groups in total. The summed E-state index contributed by atoms with van der Waals surface area (Å²) in [7, 11) is 1.84. The van der Waals surface area contributed by atoms with Gasteiger partial charge in [0.05, 0.1) is 5.56 Å². The van der Waals surface area contributed by atoms with Crippen LogP contribution < -0.4 is 10.1 Å². The van der Waals surface area contributed by atoms with E-state index in [9.17, 15) is 18.0 Å². The van der Waals surface area contributed by atoms with Gasteiger partial charge in [-0.2, -0.15) is 8.78 Å². The summed E-state index contributed by atoms with van der Waals surface area (Å²) in [6.07, 6.45) is 1.86. The predicted molar refractivity (Wildman–Crippen MR) is 75.6 cm³/mol. The third-order valence-corrected chi connectivity index (χ3v) is 3.69. The molecule has 0 aromatic heterocycles. The second kappa shape index (κ2) is 7.49. The van der Waals surface area contributed by atoms with Crippen molar-refractivity contribution in [1.82, 2.24) is 10.2 Å². The van der Waals surface area contributed by atoms with E-state index in [-0.39, 0.29) is 5.56 Å². The SMILES string of the molecule is CNCC1CCCN(C(=O)c2ccc(F)cc2OC(F)F)C1. The van der Waals surface area contributed by atoms with Crippen LogP contribution in [0.4, 0.5) is 13.2 Å². The quantitative estimate of drug-likeness (QED) is 0.907. The third kappa shape index (κ3) is 4.13. The fourth-order valence-corrected chi connectivity index (χ4v) is 2.74. The van der Waals surface area contributed by atoms with E-state index in [2.05, 4.69) is 10.1 Å². The molecule has 1 aromatic carbocycles. The molecule has 1 heterocycles. The summed E-state index contributed by atoms with van der Waals surface area (Å²) < 4.78 is 42.3. The molecule has 1 aliphatic heterocycles. The summed E-state index contributed by atoms with van der Waals surface area (Å²) in [5.41, 5.74) is -0.0354. The first-order valence-corrected chi connectivity index (χ1v) is 7.19. The highest BCUT2D eigenvalue weighted by Gasteiger charge is 2.26. The topological polar surface area (TPSA) is 41.6 Å². The van der Waals surface area contributed by atoms with E-state index >= 15 is 0 Å². The fourth-order valence-electron chi connectivity index (χ4n) is 2.74. The van der Waals surface area contributed by atoms with Gasteiger partial charge in [-0.3, -0.25) is 4.79 Å². The van der Waals surface area contributed by atoms with Crippen LogP contribution in [0.3, 0.4) is 0 Å². The number of nitrogens with zero attached hydrogens (tertiary/aromatic N) is 1. The average molecular weight is 316 g/mol. The molecule has 0 aliphatic carbocycles. The standard InChI is InChI=1S/C15H19F3N2O2/c1-19-8-10-3-2-6-20(9-10)14(21)12-5-4-11(16)7-13(12)22-15(17)18/h4-5,7,10,15,19H,2-3,6,8-9H2,1H3. The van der Waals surface area contributed by atoms with Gasteiger partial charge < -0.3 is 15.0 Å². The molecule has 1 unspecified atom stereocenters. The van der Waals surface area contributed by atoms with Crippen LogP contribution in [0.1, 0.15) is 23.2 Å². The van der Waals surface area contributed by atoms with E-state index < -0.39 is 24.1 Å². The molecule has 122 valence electrons. The number of carbonyl (C=O) groups is 1. The van der Waals surface area contributed by atoms with Crippen LogP contribution in [0.2, 0.25) is 0 Å².